The number of ether oxygens (including phenoxy) is 1. The topological polar surface area (TPSA) is 71.4 Å². The number of carbonyl (C=O) groups is 1. The van der Waals surface area contributed by atoms with E-state index in [0.717, 1.165) is 29.0 Å². The molecule has 0 saturated carbocycles. The zero-order valence-electron chi connectivity index (χ0n) is 14.2. The van der Waals surface area contributed by atoms with Crippen molar-refractivity contribution in [2.24, 2.45) is 0 Å². The molecule has 25 heavy (non-hydrogen) atoms. The highest BCUT2D eigenvalue weighted by Crippen LogP contribution is 2.43. The van der Waals surface area contributed by atoms with Crippen molar-refractivity contribution in [3.05, 3.63) is 59.5 Å². The Kier molecular flexibility index (Phi) is 3.80. The largest absolute Gasteiger partial charge is 0.497 e. The number of methoxy groups -OCH3 is 1. The van der Waals surface area contributed by atoms with Gasteiger partial charge >= 0.3 is 0 Å². The standard InChI is InChI=1S/C19H19N3O3/c1-3-10-22-18(12-6-8-13(24-2)9-7-12)15-16(14-5-4-11-25-14)20-21-17(15)19(22)23/h4-9,11,18H,3,10H2,1-2H3,(H,20,21). The van der Waals surface area contributed by atoms with E-state index >= 15 is 0 Å². The fourth-order valence-electron chi connectivity index (χ4n) is 3.40. The third-order valence-corrected chi connectivity index (χ3v) is 4.52. The maximum atomic E-state index is 12.9. The van der Waals surface area contributed by atoms with Crippen LogP contribution in [0, 0.1) is 0 Å². The van der Waals surface area contributed by atoms with Crippen molar-refractivity contribution < 1.29 is 13.9 Å². The Labute approximate surface area is 145 Å². The lowest BCUT2D eigenvalue weighted by molar-refractivity contribution is 0.0744. The van der Waals surface area contributed by atoms with Crippen LogP contribution in [-0.4, -0.2) is 34.7 Å². The maximum Gasteiger partial charge on any atom is 0.275 e. The molecule has 1 aliphatic heterocycles. The molecule has 1 aliphatic rings. The molecule has 1 amide bonds. The predicted octanol–water partition coefficient (Wildman–Crippen LogP) is 3.63. The molecule has 128 valence electrons. The van der Waals surface area contributed by atoms with Crippen LogP contribution in [0.4, 0.5) is 0 Å². The van der Waals surface area contributed by atoms with Gasteiger partial charge in [-0.2, -0.15) is 5.10 Å². The predicted molar refractivity (Wildman–Crippen MR) is 92.5 cm³/mol. The lowest BCUT2D eigenvalue weighted by atomic mass is 9.98. The third kappa shape index (κ3) is 2.41. The molecule has 3 heterocycles. The molecule has 4 rings (SSSR count). The van der Waals surface area contributed by atoms with E-state index in [1.165, 1.54) is 0 Å². The van der Waals surface area contributed by atoms with Crippen LogP contribution in [0.25, 0.3) is 11.5 Å². The average Bonchev–Trinajstić information content (AvgIpc) is 3.35. The minimum atomic E-state index is -0.188. The highest BCUT2D eigenvalue weighted by molar-refractivity contribution is 5.99. The third-order valence-electron chi connectivity index (χ3n) is 4.52. The van der Waals surface area contributed by atoms with Crippen molar-refractivity contribution in [1.29, 1.82) is 0 Å². The fourth-order valence-corrected chi connectivity index (χ4v) is 3.40. The molecule has 1 N–H and O–H groups in total. The van der Waals surface area contributed by atoms with Crippen LogP contribution < -0.4 is 4.74 Å². The van der Waals surface area contributed by atoms with Crippen molar-refractivity contribution >= 4 is 5.91 Å². The van der Waals surface area contributed by atoms with E-state index < -0.39 is 0 Å². The zero-order chi connectivity index (χ0) is 17.4. The summed E-state index contributed by atoms with van der Waals surface area (Å²) < 4.78 is 10.8. The van der Waals surface area contributed by atoms with E-state index in [-0.39, 0.29) is 11.9 Å². The normalized spacial score (nSPS) is 16.3. The van der Waals surface area contributed by atoms with Gasteiger partial charge in [-0.25, -0.2) is 0 Å². The van der Waals surface area contributed by atoms with Gasteiger partial charge in [0.25, 0.3) is 5.91 Å². The number of hydrogen-bond acceptors (Lipinski definition) is 4. The minimum Gasteiger partial charge on any atom is -0.497 e. The summed E-state index contributed by atoms with van der Waals surface area (Å²) in [5.41, 5.74) is 3.13. The summed E-state index contributed by atoms with van der Waals surface area (Å²) in [6.45, 7) is 2.73. The summed E-state index contributed by atoms with van der Waals surface area (Å²) in [6, 6.07) is 11.3. The van der Waals surface area contributed by atoms with Gasteiger partial charge in [0, 0.05) is 12.1 Å². The number of H-pyrrole nitrogens is 1. The Hall–Kier alpha value is -3.02. The summed E-state index contributed by atoms with van der Waals surface area (Å²) in [6.07, 6.45) is 2.49. The molecule has 3 aromatic rings. The van der Waals surface area contributed by atoms with Crippen molar-refractivity contribution in [2.75, 3.05) is 13.7 Å². The highest BCUT2D eigenvalue weighted by atomic mass is 16.5. The second-order valence-electron chi connectivity index (χ2n) is 6.01. The molecule has 1 unspecified atom stereocenters. The van der Waals surface area contributed by atoms with Gasteiger partial charge in [-0.3, -0.25) is 9.89 Å². The van der Waals surface area contributed by atoms with Crippen molar-refractivity contribution in [2.45, 2.75) is 19.4 Å². The number of carbonyl (C=O) groups excluding carboxylic acids is 1. The summed E-state index contributed by atoms with van der Waals surface area (Å²) in [7, 11) is 1.64. The van der Waals surface area contributed by atoms with Crippen LogP contribution in [0.3, 0.4) is 0 Å². The first kappa shape index (κ1) is 15.5. The van der Waals surface area contributed by atoms with Crippen LogP contribution in [0.15, 0.2) is 47.1 Å². The number of amides is 1. The summed E-state index contributed by atoms with van der Waals surface area (Å²) in [5.74, 6) is 1.42. The van der Waals surface area contributed by atoms with Gasteiger partial charge in [0.1, 0.15) is 11.4 Å². The van der Waals surface area contributed by atoms with Crippen LogP contribution in [0.2, 0.25) is 0 Å². The van der Waals surface area contributed by atoms with E-state index in [2.05, 4.69) is 17.1 Å². The number of nitrogens with zero attached hydrogens (tertiary/aromatic N) is 2. The SMILES string of the molecule is CCCN1C(=O)c2n[nH]c(-c3ccco3)c2C1c1ccc(OC)cc1. The van der Waals surface area contributed by atoms with E-state index in [4.69, 9.17) is 9.15 Å². The summed E-state index contributed by atoms with van der Waals surface area (Å²) in [4.78, 5) is 14.7. The van der Waals surface area contributed by atoms with Crippen LogP contribution in [-0.2, 0) is 0 Å². The lowest BCUT2D eigenvalue weighted by Gasteiger charge is -2.26. The number of hydrogen-bond donors (Lipinski definition) is 1. The van der Waals surface area contributed by atoms with Gasteiger partial charge in [-0.1, -0.05) is 19.1 Å². The molecule has 0 spiro atoms. The first-order chi connectivity index (χ1) is 12.2. The number of aromatic nitrogens is 2. The summed E-state index contributed by atoms with van der Waals surface area (Å²) in [5, 5.41) is 7.25. The molecular formula is C19H19N3O3. The molecule has 0 aliphatic carbocycles. The van der Waals surface area contributed by atoms with E-state index in [0.29, 0.717) is 18.0 Å². The maximum absolute atomic E-state index is 12.9. The van der Waals surface area contributed by atoms with Crippen molar-refractivity contribution in [1.82, 2.24) is 15.1 Å². The van der Waals surface area contributed by atoms with Gasteiger partial charge in [-0.15, -0.1) is 0 Å². The van der Waals surface area contributed by atoms with E-state index in [1.807, 2.05) is 41.3 Å². The van der Waals surface area contributed by atoms with Crippen LogP contribution in [0.5, 0.6) is 5.75 Å². The van der Waals surface area contributed by atoms with Crippen LogP contribution >= 0.6 is 0 Å². The van der Waals surface area contributed by atoms with Gasteiger partial charge in [0.15, 0.2) is 11.5 Å². The highest BCUT2D eigenvalue weighted by Gasteiger charge is 2.42. The fraction of sp³-hybridized carbons (Fsp3) is 0.263. The molecule has 1 aromatic carbocycles. The monoisotopic (exact) mass is 337 g/mol. The van der Waals surface area contributed by atoms with Gasteiger partial charge < -0.3 is 14.1 Å². The average molecular weight is 337 g/mol. The quantitative estimate of drug-likeness (QED) is 0.772. The number of aromatic amines is 1. The van der Waals surface area contributed by atoms with E-state index in [9.17, 15) is 4.79 Å². The lowest BCUT2D eigenvalue weighted by Crippen LogP contribution is -2.30. The van der Waals surface area contributed by atoms with E-state index in [1.54, 1.807) is 13.4 Å². The molecule has 0 bridgehead atoms. The molecule has 6 nitrogen and oxygen atoms in total. The smallest absolute Gasteiger partial charge is 0.275 e. The Bertz CT molecular complexity index is 881. The number of nitrogens with one attached hydrogen (secondary N) is 1. The number of benzene rings is 1. The Morgan fingerprint density at radius 2 is 2.08 bits per heavy atom. The van der Waals surface area contributed by atoms with Gasteiger partial charge in [0.2, 0.25) is 0 Å². The molecule has 0 saturated heterocycles. The molecule has 2 aromatic heterocycles. The van der Waals surface area contributed by atoms with Gasteiger partial charge in [0.05, 0.1) is 19.4 Å². The molecule has 6 heteroatoms. The first-order valence-corrected chi connectivity index (χ1v) is 8.31. The Balaban J connectivity index is 1.85. The number of rotatable bonds is 5. The molecule has 0 fully saturated rings. The Morgan fingerprint density at radius 1 is 1.28 bits per heavy atom. The Morgan fingerprint density at radius 3 is 2.72 bits per heavy atom. The van der Waals surface area contributed by atoms with Gasteiger partial charge in [-0.05, 0) is 36.2 Å². The second kappa shape index (κ2) is 6.12. The molecule has 0 radical (unpaired) electrons. The van der Waals surface area contributed by atoms with Crippen LogP contribution in [0.1, 0.15) is 41.0 Å². The first-order valence-electron chi connectivity index (χ1n) is 8.31. The van der Waals surface area contributed by atoms with Crippen molar-refractivity contribution in [3.63, 3.8) is 0 Å². The molecular weight excluding hydrogens is 318 g/mol. The second-order valence-corrected chi connectivity index (χ2v) is 6.01. The summed E-state index contributed by atoms with van der Waals surface area (Å²) >= 11 is 0. The minimum absolute atomic E-state index is 0.0493. The number of fused-ring (bicyclic) bond motifs is 1. The van der Waals surface area contributed by atoms with Crippen molar-refractivity contribution in [3.8, 4) is 17.2 Å². The number of furan rings is 1. The zero-order valence-corrected chi connectivity index (χ0v) is 14.2. The molecule has 1 atom stereocenters.